The van der Waals surface area contributed by atoms with Gasteiger partial charge in [0.25, 0.3) is 5.91 Å². The van der Waals surface area contributed by atoms with Crippen molar-refractivity contribution in [3.8, 4) is 11.3 Å². The van der Waals surface area contributed by atoms with Gasteiger partial charge in [0.05, 0.1) is 11.2 Å². The summed E-state index contributed by atoms with van der Waals surface area (Å²) in [6.45, 7) is 2.02. The summed E-state index contributed by atoms with van der Waals surface area (Å²) in [5, 5.41) is 0.923. The van der Waals surface area contributed by atoms with E-state index in [1.807, 2.05) is 110 Å². The molecular weight excluding hydrogens is 486 g/mol. The first-order valence-corrected chi connectivity index (χ1v) is 11.9. The second kappa shape index (κ2) is 9.24. The highest BCUT2D eigenvalue weighted by Crippen LogP contribution is 2.33. The molecule has 0 fully saturated rings. The first kappa shape index (κ1) is 22.1. The van der Waals surface area contributed by atoms with Crippen molar-refractivity contribution in [2.45, 2.75) is 13.3 Å². The number of carbonyl (C=O) groups is 2. The van der Waals surface area contributed by atoms with Gasteiger partial charge in [0.2, 0.25) is 0 Å². The highest BCUT2D eigenvalue weighted by Gasteiger charge is 2.21. The van der Waals surface area contributed by atoms with Gasteiger partial charge in [-0.2, -0.15) is 0 Å². The Morgan fingerprint density at radius 3 is 2.15 bits per heavy atom. The Hall–Kier alpha value is -3.76. The lowest BCUT2D eigenvalue weighted by atomic mass is 9.96. The van der Waals surface area contributed by atoms with Crippen LogP contribution in [0.5, 0.6) is 0 Å². The Bertz CT molecular complexity index is 1520. The minimum Gasteiger partial charge on any atom is -0.294 e. The van der Waals surface area contributed by atoms with Crippen LogP contribution in [0.15, 0.2) is 108 Å². The number of ketones is 1. The number of carbonyl (C=O) groups excluding carboxylic acids is 2. The van der Waals surface area contributed by atoms with Crippen molar-refractivity contribution < 1.29 is 9.59 Å². The standard InChI is InChI=1S/C30H22BrNO2/c1-20-15-16-27-26(25(20)19-29(33)23-13-8-14-24(31)17-23)18-28(21-9-4-2-5-10-21)32(27)30(34)22-11-6-3-7-12-22/h2-18H,19H2,1H3. The average molecular weight is 508 g/mol. The van der Waals surface area contributed by atoms with E-state index in [1.54, 1.807) is 4.57 Å². The average Bonchev–Trinajstić information content (AvgIpc) is 3.26. The van der Waals surface area contributed by atoms with Crippen LogP contribution >= 0.6 is 15.9 Å². The van der Waals surface area contributed by atoms with Gasteiger partial charge >= 0.3 is 0 Å². The number of aryl methyl sites for hydroxylation is 1. The first-order chi connectivity index (χ1) is 16.5. The van der Waals surface area contributed by atoms with E-state index in [4.69, 9.17) is 0 Å². The van der Waals surface area contributed by atoms with Gasteiger partial charge in [-0.1, -0.05) is 82.7 Å². The summed E-state index contributed by atoms with van der Waals surface area (Å²) in [6.07, 6.45) is 0.261. The quantitative estimate of drug-likeness (QED) is 0.231. The Morgan fingerprint density at radius 1 is 0.765 bits per heavy atom. The van der Waals surface area contributed by atoms with Gasteiger partial charge in [0.1, 0.15) is 0 Å². The van der Waals surface area contributed by atoms with Crippen LogP contribution in [-0.2, 0) is 6.42 Å². The van der Waals surface area contributed by atoms with Crippen molar-refractivity contribution in [1.29, 1.82) is 0 Å². The van der Waals surface area contributed by atoms with Gasteiger partial charge < -0.3 is 0 Å². The van der Waals surface area contributed by atoms with E-state index in [1.165, 1.54) is 0 Å². The molecule has 0 aliphatic carbocycles. The topological polar surface area (TPSA) is 39.1 Å². The fourth-order valence-corrected chi connectivity index (χ4v) is 4.76. The molecule has 0 radical (unpaired) electrons. The first-order valence-electron chi connectivity index (χ1n) is 11.1. The molecule has 0 aliphatic rings. The van der Waals surface area contributed by atoms with E-state index in [0.29, 0.717) is 11.1 Å². The van der Waals surface area contributed by atoms with Crippen molar-refractivity contribution in [1.82, 2.24) is 4.57 Å². The third-order valence-electron chi connectivity index (χ3n) is 6.11. The summed E-state index contributed by atoms with van der Waals surface area (Å²) < 4.78 is 2.64. The van der Waals surface area contributed by atoms with Gasteiger partial charge in [-0.3, -0.25) is 14.2 Å². The molecular formula is C30H22BrNO2. The van der Waals surface area contributed by atoms with Gasteiger partial charge in [-0.05, 0) is 60.0 Å². The third-order valence-corrected chi connectivity index (χ3v) is 6.60. The maximum atomic E-state index is 13.7. The van der Waals surface area contributed by atoms with Crippen LogP contribution in [0.2, 0.25) is 0 Å². The van der Waals surface area contributed by atoms with Crippen LogP contribution in [-0.4, -0.2) is 16.3 Å². The predicted octanol–water partition coefficient (Wildman–Crippen LogP) is 7.49. The summed E-state index contributed by atoms with van der Waals surface area (Å²) in [5.41, 5.74) is 5.81. The number of rotatable bonds is 5. The molecule has 0 saturated heterocycles. The van der Waals surface area contributed by atoms with E-state index in [2.05, 4.69) is 15.9 Å². The van der Waals surface area contributed by atoms with Crippen molar-refractivity contribution in [2.24, 2.45) is 0 Å². The molecule has 0 aliphatic heterocycles. The molecule has 4 heteroatoms. The summed E-state index contributed by atoms with van der Waals surface area (Å²) in [5.74, 6) is -0.0529. The number of aromatic nitrogens is 1. The Kier molecular flexibility index (Phi) is 5.99. The second-order valence-corrected chi connectivity index (χ2v) is 9.22. The number of fused-ring (bicyclic) bond motifs is 1. The number of hydrogen-bond acceptors (Lipinski definition) is 2. The van der Waals surface area contributed by atoms with E-state index >= 15 is 0 Å². The SMILES string of the molecule is Cc1ccc2c(cc(-c3ccccc3)n2C(=O)c2ccccc2)c1CC(=O)c1cccc(Br)c1. The Balaban J connectivity index is 1.70. The van der Waals surface area contributed by atoms with Gasteiger partial charge in [-0.15, -0.1) is 0 Å². The van der Waals surface area contributed by atoms with E-state index in [0.717, 1.165) is 37.8 Å². The van der Waals surface area contributed by atoms with E-state index < -0.39 is 0 Å². The molecule has 0 unspecified atom stereocenters. The largest absolute Gasteiger partial charge is 0.294 e. The normalized spacial score (nSPS) is 11.0. The van der Waals surface area contributed by atoms with E-state index in [-0.39, 0.29) is 18.1 Å². The van der Waals surface area contributed by atoms with Crippen molar-refractivity contribution >= 4 is 38.5 Å². The molecule has 166 valence electrons. The minimum absolute atomic E-state index is 0.0419. The molecule has 34 heavy (non-hydrogen) atoms. The number of benzene rings is 4. The van der Waals surface area contributed by atoms with Crippen LogP contribution in [0.3, 0.4) is 0 Å². The smallest absolute Gasteiger partial charge is 0.262 e. The monoisotopic (exact) mass is 507 g/mol. The molecule has 1 heterocycles. The highest BCUT2D eigenvalue weighted by atomic mass is 79.9. The zero-order valence-corrected chi connectivity index (χ0v) is 20.2. The van der Waals surface area contributed by atoms with Crippen molar-refractivity contribution in [3.63, 3.8) is 0 Å². The lowest BCUT2D eigenvalue weighted by Crippen LogP contribution is -2.13. The fraction of sp³-hybridized carbons (Fsp3) is 0.0667. The van der Waals surface area contributed by atoms with Crippen LogP contribution in [0.4, 0.5) is 0 Å². The number of Topliss-reactive ketones (excluding diaryl/α,β-unsaturated/α-hetero) is 1. The Labute approximate surface area is 206 Å². The van der Waals surface area contributed by atoms with Gasteiger partial charge in [-0.25, -0.2) is 0 Å². The second-order valence-electron chi connectivity index (χ2n) is 8.31. The predicted molar refractivity (Wildman–Crippen MR) is 140 cm³/mol. The molecule has 4 aromatic carbocycles. The molecule has 0 spiro atoms. The molecule has 0 saturated carbocycles. The summed E-state index contributed by atoms with van der Waals surface area (Å²) in [6, 6.07) is 32.7. The van der Waals surface area contributed by atoms with Crippen LogP contribution < -0.4 is 0 Å². The lowest BCUT2D eigenvalue weighted by molar-refractivity contribution is 0.0965. The summed E-state index contributed by atoms with van der Waals surface area (Å²) >= 11 is 3.45. The van der Waals surface area contributed by atoms with Crippen molar-refractivity contribution in [3.05, 3.63) is 130 Å². The number of nitrogens with zero attached hydrogens (tertiary/aromatic N) is 1. The zero-order chi connectivity index (χ0) is 23.7. The van der Waals surface area contributed by atoms with E-state index in [9.17, 15) is 9.59 Å². The van der Waals surface area contributed by atoms with Crippen LogP contribution in [0.25, 0.3) is 22.2 Å². The molecule has 1 aromatic heterocycles. The molecule has 0 N–H and O–H groups in total. The number of halogens is 1. The molecule has 0 amide bonds. The maximum Gasteiger partial charge on any atom is 0.262 e. The van der Waals surface area contributed by atoms with Gasteiger partial charge in [0.15, 0.2) is 5.78 Å². The lowest BCUT2D eigenvalue weighted by Gasteiger charge is -2.11. The zero-order valence-electron chi connectivity index (χ0n) is 18.7. The molecule has 5 aromatic rings. The number of hydrogen-bond donors (Lipinski definition) is 0. The van der Waals surface area contributed by atoms with Crippen molar-refractivity contribution in [2.75, 3.05) is 0 Å². The van der Waals surface area contributed by atoms with Crippen LogP contribution in [0, 0.1) is 6.92 Å². The molecule has 3 nitrogen and oxygen atoms in total. The summed E-state index contributed by atoms with van der Waals surface area (Å²) in [7, 11) is 0. The maximum absolute atomic E-state index is 13.7. The molecule has 0 bridgehead atoms. The minimum atomic E-state index is -0.0948. The highest BCUT2D eigenvalue weighted by molar-refractivity contribution is 9.10. The molecule has 5 rings (SSSR count). The Morgan fingerprint density at radius 2 is 1.44 bits per heavy atom. The van der Waals surface area contributed by atoms with Crippen LogP contribution in [0.1, 0.15) is 31.8 Å². The third kappa shape index (κ3) is 4.13. The molecule has 0 atom stereocenters. The fourth-order valence-electron chi connectivity index (χ4n) is 4.36. The van der Waals surface area contributed by atoms with Gasteiger partial charge in [0, 0.05) is 27.4 Å². The summed E-state index contributed by atoms with van der Waals surface area (Å²) in [4.78, 5) is 26.9.